The maximum atomic E-state index is 12.9. The number of nitrogens with one attached hydrogen (secondary N) is 1. The summed E-state index contributed by atoms with van der Waals surface area (Å²) in [6.45, 7) is 3.68. The van der Waals surface area contributed by atoms with E-state index in [0.29, 0.717) is 12.8 Å². The Balaban J connectivity index is 2.60. The van der Waals surface area contributed by atoms with Crippen LogP contribution in [0.5, 0.6) is 0 Å². The molecule has 0 spiro atoms. The Morgan fingerprint density at radius 3 is 1.52 bits per heavy atom. The van der Waals surface area contributed by atoms with Gasteiger partial charge in [0, 0.05) is 0 Å². The summed E-state index contributed by atoms with van der Waals surface area (Å²) in [7, 11) is -5.13. The molecule has 1 amide bonds. The molecule has 0 radical (unpaired) electrons. The van der Waals surface area contributed by atoms with Crippen LogP contribution in [-0.2, 0) is 18.4 Å². The van der Waals surface area contributed by atoms with Gasteiger partial charge in [0.15, 0.2) is 0 Å². The molecule has 0 aromatic rings. The van der Waals surface area contributed by atoms with E-state index in [1.807, 2.05) is 0 Å². The number of unbranched alkanes of at least 4 members (excludes halogenated alkanes) is 21. The molecule has 0 aliphatic heterocycles. The van der Waals surface area contributed by atoms with E-state index in [1.165, 1.54) is 102 Å². The minimum atomic E-state index is -5.13. The zero-order chi connectivity index (χ0) is 40.2. The molecule has 1 fully saturated rings. The van der Waals surface area contributed by atoms with Gasteiger partial charge in [0.05, 0.1) is 31.3 Å². The van der Waals surface area contributed by atoms with Crippen molar-refractivity contribution in [2.45, 2.75) is 229 Å². The van der Waals surface area contributed by atoms with Crippen LogP contribution < -0.4 is 5.32 Å². The van der Waals surface area contributed by atoms with Gasteiger partial charge in [-0.2, -0.15) is 0 Å². The Labute approximate surface area is 325 Å². The molecule has 8 unspecified atom stereocenters. The monoisotopic (exact) mass is 796 g/mol. The largest absolute Gasteiger partial charge is 0.472 e. The van der Waals surface area contributed by atoms with Crippen molar-refractivity contribution in [3.05, 3.63) is 12.2 Å². The minimum Gasteiger partial charge on any atom is -0.393 e. The molecule has 1 aliphatic carbocycles. The number of aliphatic hydroxyl groups excluding tert-OH is 7. The first-order valence-corrected chi connectivity index (χ1v) is 22.7. The van der Waals surface area contributed by atoms with Gasteiger partial charge in [0.1, 0.15) is 36.6 Å². The van der Waals surface area contributed by atoms with Crippen molar-refractivity contribution in [2.24, 2.45) is 0 Å². The van der Waals surface area contributed by atoms with E-state index in [4.69, 9.17) is 9.05 Å². The van der Waals surface area contributed by atoms with Crippen molar-refractivity contribution < 1.29 is 59.0 Å². The Morgan fingerprint density at radius 2 is 1.06 bits per heavy atom. The van der Waals surface area contributed by atoms with Gasteiger partial charge < -0.3 is 46.0 Å². The van der Waals surface area contributed by atoms with Crippen LogP contribution in [0.15, 0.2) is 12.2 Å². The molecule has 9 N–H and O–H groups in total. The lowest BCUT2D eigenvalue weighted by Gasteiger charge is -2.41. The number of hydrogen-bond acceptors (Lipinski definition) is 11. The Bertz CT molecular complexity index is 990. The molecule has 0 aromatic heterocycles. The van der Waals surface area contributed by atoms with Crippen LogP contribution in [0, 0.1) is 0 Å². The molecule has 320 valence electrons. The van der Waals surface area contributed by atoms with Crippen LogP contribution in [0.4, 0.5) is 0 Å². The highest BCUT2D eigenvalue weighted by molar-refractivity contribution is 7.47. The minimum absolute atomic E-state index is 0.242. The number of phosphoric ester groups is 1. The third-order valence-electron chi connectivity index (χ3n) is 10.4. The summed E-state index contributed by atoms with van der Waals surface area (Å²) in [4.78, 5) is 23.3. The van der Waals surface area contributed by atoms with Gasteiger partial charge in [-0.25, -0.2) is 4.57 Å². The molecule has 8 atom stereocenters. The van der Waals surface area contributed by atoms with Crippen molar-refractivity contribution in [1.29, 1.82) is 0 Å². The molecule has 14 heteroatoms. The fraction of sp³-hybridized carbons (Fsp3) is 0.925. The maximum Gasteiger partial charge on any atom is 0.472 e. The van der Waals surface area contributed by atoms with Gasteiger partial charge in [0.2, 0.25) is 5.91 Å². The highest BCUT2D eigenvalue weighted by Crippen LogP contribution is 2.47. The summed E-state index contributed by atoms with van der Waals surface area (Å²) in [6.07, 6.45) is 16.1. The van der Waals surface area contributed by atoms with E-state index >= 15 is 0 Å². The molecule has 0 saturated heterocycles. The Morgan fingerprint density at radius 1 is 0.648 bits per heavy atom. The molecular formula is C40H78NO12P. The third-order valence-corrected chi connectivity index (χ3v) is 11.4. The number of allylic oxidation sites excluding steroid dienone is 1. The number of rotatable bonds is 34. The number of hydrogen-bond donors (Lipinski definition) is 9. The SMILES string of the molecule is CCCCCCCCCCCCCCCC/C=C/C(O)C(COP(=O)(O)OC1C(O)C(O)C(O)C(O)C1O)NC(=O)CC(O)CCCCCCCCCC. The van der Waals surface area contributed by atoms with Crippen LogP contribution in [0.1, 0.15) is 174 Å². The first kappa shape index (κ1) is 51.1. The standard InChI is InChI=1S/C40H78NO12P/c1-3-5-7-9-11-13-14-15-16-17-18-19-20-22-24-26-28-33(43)32(41-34(44)29-31(42)27-25-23-21-12-10-8-6-4-2)30-52-54(50,51)53-40-38(48)36(46)35(45)37(47)39(40)49/h26,28,31-33,35-40,42-43,45-49H,3-25,27,29-30H2,1-2H3,(H,41,44)(H,50,51)/b28-26+. The molecule has 0 aromatic carbocycles. The molecule has 1 aliphatic rings. The van der Waals surface area contributed by atoms with Crippen molar-refractivity contribution in [1.82, 2.24) is 5.32 Å². The number of carbonyl (C=O) groups is 1. The molecular weight excluding hydrogens is 717 g/mol. The van der Waals surface area contributed by atoms with E-state index in [9.17, 15) is 50.0 Å². The van der Waals surface area contributed by atoms with Gasteiger partial charge in [-0.3, -0.25) is 13.8 Å². The summed E-state index contributed by atoms with van der Waals surface area (Å²) >= 11 is 0. The third kappa shape index (κ3) is 23.3. The number of amides is 1. The first-order chi connectivity index (χ1) is 25.8. The molecule has 1 rings (SSSR count). The second kappa shape index (κ2) is 31.1. The quantitative estimate of drug-likeness (QED) is 0.0212. The fourth-order valence-corrected chi connectivity index (χ4v) is 7.79. The van der Waals surface area contributed by atoms with Crippen LogP contribution in [0.25, 0.3) is 0 Å². The average Bonchev–Trinajstić information content (AvgIpc) is 3.14. The topological polar surface area (TPSA) is 226 Å². The Hall–Kier alpha value is -0.960. The van der Waals surface area contributed by atoms with E-state index in [2.05, 4.69) is 19.2 Å². The summed E-state index contributed by atoms with van der Waals surface area (Å²) in [5.74, 6) is -0.595. The second-order valence-corrected chi connectivity index (χ2v) is 16.8. The highest BCUT2D eigenvalue weighted by atomic mass is 31.2. The van der Waals surface area contributed by atoms with Crippen molar-refractivity contribution >= 4 is 13.7 Å². The van der Waals surface area contributed by atoms with Crippen LogP contribution in [0.2, 0.25) is 0 Å². The van der Waals surface area contributed by atoms with Crippen LogP contribution in [-0.4, -0.2) is 108 Å². The summed E-state index contributed by atoms with van der Waals surface area (Å²) in [5.41, 5.74) is 0. The summed E-state index contributed by atoms with van der Waals surface area (Å²) in [5, 5.41) is 74.1. The van der Waals surface area contributed by atoms with Crippen molar-refractivity contribution in [3.8, 4) is 0 Å². The van der Waals surface area contributed by atoms with E-state index < -0.39 is 75.2 Å². The van der Waals surface area contributed by atoms with Gasteiger partial charge in [-0.05, 0) is 19.3 Å². The van der Waals surface area contributed by atoms with E-state index in [-0.39, 0.29) is 6.42 Å². The normalized spacial score (nSPS) is 24.7. The van der Waals surface area contributed by atoms with E-state index in [1.54, 1.807) is 6.08 Å². The van der Waals surface area contributed by atoms with Crippen molar-refractivity contribution in [2.75, 3.05) is 6.61 Å². The number of aliphatic hydroxyl groups is 7. The molecule has 0 bridgehead atoms. The zero-order valence-corrected chi connectivity index (χ0v) is 34.3. The smallest absolute Gasteiger partial charge is 0.393 e. The molecule has 13 nitrogen and oxygen atoms in total. The van der Waals surface area contributed by atoms with E-state index in [0.717, 1.165) is 44.9 Å². The van der Waals surface area contributed by atoms with Crippen LogP contribution in [0.3, 0.4) is 0 Å². The predicted octanol–water partition coefficient (Wildman–Crippen LogP) is 5.86. The van der Waals surface area contributed by atoms with Crippen LogP contribution >= 0.6 is 7.82 Å². The summed E-state index contributed by atoms with van der Waals surface area (Å²) in [6, 6.07) is -1.23. The maximum absolute atomic E-state index is 12.9. The first-order valence-electron chi connectivity index (χ1n) is 21.2. The van der Waals surface area contributed by atoms with Gasteiger partial charge in [0.25, 0.3) is 0 Å². The molecule has 0 heterocycles. The lowest BCUT2D eigenvalue weighted by Crippen LogP contribution is -2.64. The van der Waals surface area contributed by atoms with Gasteiger partial charge >= 0.3 is 7.82 Å². The van der Waals surface area contributed by atoms with Crippen molar-refractivity contribution in [3.63, 3.8) is 0 Å². The average molecular weight is 796 g/mol. The van der Waals surface area contributed by atoms with Gasteiger partial charge in [-0.15, -0.1) is 0 Å². The second-order valence-electron chi connectivity index (χ2n) is 15.4. The lowest BCUT2D eigenvalue weighted by atomic mass is 9.85. The molecule has 54 heavy (non-hydrogen) atoms. The van der Waals surface area contributed by atoms with Gasteiger partial charge in [-0.1, -0.05) is 161 Å². The number of phosphoric acid groups is 1. The lowest BCUT2D eigenvalue weighted by molar-refractivity contribution is -0.220. The zero-order valence-electron chi connectivity index (χ0n) is 33.4. The highest BCUT2D eigenvalue weighted by Gasteiger charge is 2.51. The Kier molecular flexibility index (Phi) is 29.4. The predicted molar refractivity (Wildman–Crippen MR) is 211 cm³/mol. The fourth-order valence-electron chi connectivity index (χ4n) is 6.83. The molecule has 1 saturated carbocycles. The summed E-state index contributed by atoms with van der Waals surface area (Å²) < 4.78 is 22.8. The number of carbonyl (C=O) groups excluding carboxylic acids is 1.